The van der Waals surface area contributed by atoms with Crippen molar-refractivity contribution in [2.24, 2.45) is 0 Å². The van der Waals surface area contributed by atoms with E-state index in [0.29, 0.717) is 12.1 Å². The van der Waals surface area contributed by atoms with Crippen LogP contribution in [0.3, 0.4) is 0 Å². The summed E-state index contributed by atoms with van der Waals surface area (Å²) in [6, 6.07) is 15.2. The molecule has 0 amide bonds. The number of hydrogen-bond acceptors (Lipinski definition) is 2. The lowest BCUT2D eigenvalue weighted by atomic mass is 10.1. The van der Waals surface area contributed by atoms with E-state index >= 15 is 0 Å². The number of hydrogen-bond donors (Lipinski definition) is 1. The fourth-order valence-corrected chi connectivity index (χ4v) is 1.94. The van der Waals surface area contributed by atoms with E-state index in [-0.39, 0.29) is 0 Å². The van der Waals surface area contributed by atoms with Gasteiger partial charge < -0.3 is 5.32 Å². The highest BCUT2D eigenvalue weighted by atomic mass is 14.9. The predicted octanol–water partition coefficient (Wildman–Crippen LogP) is 3.49. The molecule has 17 heavy (non-hydrogen) atoms. The topological polar surface area (TPSA) is 24.9 Å². The largest absolute Gasteiger partial charge is 0.304 e. The number of nitrogens with one attached hydrogen (secondary N) is 1. The minimum absolute atomic E-state index is 0.305. The van der Waals surface area contributed by atoms with Gasteiger partial charge in [-0.15, -0.1) is 0 Å². The van der Waals surface area contributed by atoms with Gasteiger partial charge >= 0.3 is 0 Å². The monoisotopic (exact) mass is 226 g/mol. The SMILES string of the molecule is CC(N[C@@H](C)c1ccccc1)c1cccnc1. The Hall–Kier alpha value is -1.67. The molecular formula is C15H18N2. The van der Waals surface area contributed by atoms with E-state index in [2.05, 4.69) is 54.5 Å². The van der Waals surface area contributed by atoms with Crippen LogP contribution in [-0.4, -0.2) is 4.98 Å². The third kappa shape index (κ3) is 3.14. The maximum atomic E-state index is 4.15. The van der Waals surface area contributed by atoms with Gasteiger partial charge in [0.15, 0.2) is 0 Å². The van der Waals surface area contributed by atoms with Gasteiger partial charge in [-0.05, 0) is 31.0 Å². The Balaban J connectivity index is 2.02. The summed E-state index contributed by atoms with van der Waals surface area (Å²) in [5.74, 6) is 0. The zero-order valence-electron chi connectivity index (χ0n) is 10.3. The molecule has 0 fully saturated rings. The van der Waals surface area contributed by atoms with Gasteiger partial charge in [-0.25, -0.2) is 0 Å². The van der Waals surface area contributed by atoms with Gasteiger partial charge in [-0.1, -0.05) is 36.4 Å². The molecule has 2 atom stereocenters. The zero-order valence-corrected chi connectivity index (χ0v) is 10.3. The van der Waals surface area contributed by atoms with Crippen LogP contribution in [0.25, 0.3) is 0 Å². The molecule has 0 aliphatic heterocycles. The van der Waals surface area contributed by atoms with Crippen LogP contribution in [0, 0.1) is 0 Å². The van der Waals surface area contributed by atoms with Crippen LogP contribution in [0.15, 0.2) is 54.9 Å². The summed E-state index contributed by atoms with van der Waals surface area (Å²) in [5.41, 5.74) is 2.53. The molecule has 0 saturated heterocycles. The molecule has 2 aromatic rings. The minimum Gasteiger partial charge on any atom is -0.304 e. The van der Waals surface area contributed by atoms with Crippen molar-refractivity contribution in [2.45, 2.75) is 25.9 Å². The molecular weight excluding hydrogens is 208 g/mol. The Kier molecular flexibility index (Phi) is 3.89. The highest BCUT2D eigenvalue weighted by molar-refractivity contribution is 5.19. The van der Waals surface area contributed by atoms with Crippen molar-refractivity contribution in [3.8, 4) is 0 Å². The van der Waals surface area contributed by atoms with E-state index in [9.17, 15) is 0 Å². The average molecular weight is 226 g/mol. The fourth-order valence-electron chi connectivity index (χ4n) is 1.94. The van der Waals surface area contributed by atoms with Crippen molar-refractivity contribution < 1.29 is 0 Å². The van der Waals surface area contributed by atoms with Crippen molar-refractivity contribution in [1.29, 1.82) is 0 Å². The Morgan fingerprint density at radius 3 is 2.18 bits per heavy atom. The van der Waals surface area contributed by atoms with E-state index in [4.69, 9.17) is 0 Å². The number of benzene rings is 1. The van der Waals surface area contributed by atoms with Crippen LogP contribution < -0.4 is 5.32 Å². The van der Waals surface area contributed by atoms with Gasteiger partial charge in [0.05, 0.1) is 0 Å². The van der Waals surface area contributed by atoms with Gasteiger partial charge in [0.25, 0.3) is 0 Å². The second-order valence-electron chi connectivity index (χ2n) is 4.31. The Morgan fingerprint density at radius 2 is 1.53 bits per heavy atom. The molecule has 1 aromatic carbocycles. The average Bonchev–Trinajstić information content (AvgIpc) is 2.40. The first kappa shape index (κ1) is 11.8. The van der Waals surface area contributed by atoms with Gasteiger partial charge in [0, 0.05) is 24.5 Å². The first-order valence-electron chi connectivity index (χ1n) is 5.98. The van der Waals surface area contributed by atoms with Gasteiger partial charge in [0.1, 0.15) is 0 Å². The quantitative estimate of drug-likeness (QED) is 0.863. The van der Waals surface area contributed by atoms with E-state index in [1.807, 2.05) is 18.3 Å². The van der Waals surface area contributed by atoms with Crippen LogP contribution in [0.2, 0.25) is 0 Å². The van der Waals surface area contributed by atoms with E-state index < -0.39 is 0 Å². The second-order valence-corrected chi connectivity index (χ2v) is 4.31. The fraction of sp³-hybridized carbons (Fsp3) is 0.267. The minimum atomic E-state index is 0.305. The van der Waals surface area contributed by atoms with Gasteiger partial charge in [0.2, 0.25) is 0 Å². The molecule has 0 bridgehead atoms. The maximum Gasteiger partial charge on any atom is 0.0315 e. The molecule has 1 unspecified atom stereocenters. The molecule has 0 saturated carbocycles. The van der Waals surface area contributed by atoms with E-state index in [1.54, 1.807) is 6.20 Å². The number of nitrogens with zero attached hydrogens (tertiary/aromatic N) is 1. The van der Waals surface area contributed by atoms with Crippen LogP contribution in [0.1, 0.15) is 37.1 Å². The molecule has 2 heteroatoms. The van der Waals surface area contributed by atoms with Crippen LogP contribution >= 0.6 is 0 Å². The lowest BCUT2D eigenvalue weighted by Crippen LogP contribution is -2.22. The molecule has 1 aromatic heterocycles. The normalized spacial score (nSPS) is 14.2. The second kappa shape index (κ2) is 5.60. The predicted molar refractivity (Wildman–Crippen MR) is 70.6 cm³/mol. The molecule has 88 valence electrons. The van der Waals surface area contributed by atoms with Crippen molar-refractivity contribution >= 4 is 0 Å². The molecule has 0 aliphatic carbocycles. The van der Waals surface area contributed by atoms with Crippen LogP contribution in [-0.2, 0) is 0 Å². The Bertz CT molecular complexity index is 395. The summed E-state index contributed by atoms with van der Waals surface area (Å²) < 4.78 is 0. The van der Waals surface area contributed by atoms with E-state index in [1.165, 1.54) is 11.1 Å². The number of aromatic nitrogens is 1. The maximum absolute atomic E-state index is 4.15. The van der Waals surface area contributed by atoms with Crippen molar-refractivity contribution in [3.05, 3.63) is 66.0 Å². The summed E-state index contributed by atoms with van der Waals surface area (Å²) in [6.07, 6.45) is 3.71. The zero-order chi connectivity index (χ0) is 12.1. The standard InChI is InChI=1S/C15H18N2/c1-12(14-7-4-3-5-8-14)17-13(2)15-9-6-10-16-11-15/h3-13,17H,1-2H3/t12-,13?/m0/s1. The molecule has 1 N–H and O–H groups in total. The summed E-state index contributed by atoms with van der Waals surface area (Å²) in [7, 11) is 0. The Labute approximate surface area is 103 Å². The number of pyridine rings is 1. The molecule has 0 aliphatic rings. The van der Waals surface area contributed by atoms with Gasteiger partial charge in [-0.3, -0.25) is 4.98 Å². The summed E-state index contributed by atoms with van der Waals surface area (Å²) in [6.45, 7) is 4.35. The highest BCUT2D eigenvalue weighted by Crippen LogP contribution is 2.18. The van der Waals surface area contributed by atoms with Crippen molar-refractivity contribution in [2.75, 3.05) is 0 Å². The Morgan fingerprint density at radius 1 is 0.882 bits per heavy atom. The lowest BCUT2D eigenvalue weighted by Gasteiger charge is -2.20. The first-order chi connectivity index (χ1) is 8.27. The van der Waals surface area contributed by atoms with Crippen LogP contribution in [0.4, 0.5) is 0 Å². The van der Waals surface area contributed by atoms with Crippen molar-refractivity contribution in [3.63, 3.8) is 0 Å². The van der Waals surface area contributed by atoms with E-state index in [0.717, 1.165) is 0 Å². The first-order valence-corrected chi connectivity index (χ1v) is 5.98. The third-order valence-corrected chi connectivity index (χ3v) is 2.98. The molecule has 0 spiro atoms. The number of rotatable bonds is 4. The van der Waals surface area contributed by atoms with Crippen molar-refractivity contribution in [1.82, 2.24) is 10.3 Å². The molecule has 1 heterocycles. The summed E-state index contributed by atoms with van der Waals surface area (Å²) in [5, 5.41) is 3.57. The van der Waals surface area contributed by atoms with Gasteiger partial charge in [-0.2, -0.15) is 0 Å². The van der Waals surface area contributed by atoms with Crippen LogP contribution in [0.5, 0.6) is 0 Å². The molecule has 2 nitrogen and oxygen atoms in total. The lowest BCUT2D eigenvalue weighted by molar-refractivity contribution is 0.494. The summed E-state index contributed by atoms with van der Waals surface area (Å²) in [4.78, 5) is 4.15. The highest BCUT2D eigenvalue weighted by Gasteiger charge is 2.10. The molecule has 0 radical (unpaired) electrons. The molecule has 2 rings (SSSR count). The smallest absolute Gasteiger partial charge is 0.0315 e. The third-order valence-electron chi connectivity index (χ3n) is 2.98. The summed E-state index contributed by atoms with van der Waals surface area (Å²) >= 11 is 0.